The van der Waals surface area contributed by atoms with E-state index in [4.69, 9.17) is 41.2 Å². The minimum atomic E-state index is 0.338. The van der Waals surface area contributed by atoms with Crippen LogP contribution in [0.2, 0.25) is 10.0 Å². The molecule has 0 heterocycles. The maximum absolute atomic E-state index is 6.23. The van der Waals surface area contributed by atoms with E-state index in [1.165, 1.54) is 0 Å². The number of halogens is 2. The Labute approximate surface area is 133 Å². The molecule has 0 aliphatic heterocycles. The van der Waals surface area contributed by atoms with Crippen LogP contribution in [0.5, 0.6) is 0 Å². The summed E-state index contributed by atoms with van der Waals surface area (Å²) in [5.74, 6) is 0. The van der Waals surface area contributed by atoms with Crippen LogP contribution in [0.25, 0.3) is 0 Å². The largest absolute Gasteiger partial charge is 0.389 e. The Morgan fingerprint density at radius 2 is 1.75 bits per heavy atom. The topological polar surface area (TPSA) is 38.0 Å². The molecule has 0 aliphatic carbocycles. The standard InChI is InChI=1S/C15H14Cl2N2S/c1-8-3-4-13(10(5-8)15(18)20)19-14-7-11(16)9(2)6-12(14)17/h3-7,19H,1-2H3,(H2,18,20). The molecule has 0 atom stereocenters. The highest BCUT2D eigenvalue weighted by atomic mass is 35.5. The number of hydrogen-bond acceptors (Lipinski definition) is 2. The van der Waals surface area contributed by atoms with Gasteiger partial charge in [-0.2, -0.15) is 0 Å². The summed E-state index contributed by atoms with van der Waals surface area (Å²) in [4.78, 5) is 0.338. The highest BCUT2D eigenvalue weighted by Gasteiger charge is 2.09. The van der Waals surface area contributed by atoms with Gasteiger partial charge in [-0.25, -0.2) is 0 Å². The van der Waals surface area contributed by atoms with Crippen molar-refractivity contribution < 1.29 is 0 Å². The van der Waals surface area contributed by atoms with Crippen LogP contribution in [0, 0.1) is 13.8 Å². The molecule has 0 bridgehead atoms. The molecule has 2 nitrogen and oxygen atoms in total. The molecular formula is C15H14Cl2N2S. The molecule has 3 N–H and O–H groups in total. The molecule has 0 fully saturated rings. The van der Waals surface area contributed by atoms with Crippen LogP contribution < -0.4 is 11.1 Å². The van der Waals surface area contributed by atoms with Crippen LogP contribution in [0.1, 0.15) is 16.7 Å². The smallest absolute Gasteiger partial charge is 0.106 e. The Hall–Kier alpha value is -1.29. The van der Waals surface area contributed by atoms with Gasteiger partial charge >= 0.3 is 0 Å². The van der Waals surface area contributed by atoms with Crippen molar-refractivity contribution in [2.45, 2.75) is 13.8 Å². The van der Waals surface area contributed by atoms with Crippen molar-refractivity contribution in [2.24, 2.45) is 5.73 Å². The van der Waals surface area contributed by atoms with E-state index in [2.05, 4.69) is 5.32 Å². The van der Waals surface area contributed by atoms with Crippen molar-refractivity contribution in [3.63, 3.8) is 0 Å². The van der Waals surface area contributed by atoms with Crippen LogP contribution in [-0.4, -0.2) is 4.99 Å². The molecule has 20 heavy (non-hydrogen) atoms. The van der Waals surface area contributed by atoms with Crippen LogP contribution in [0.4, 0.5) is 11.4 Å². The number of nitrogens with two attached hydrogens (primary N) is 1. The zero-order chi connectivity index (χ0) is 14.9. The van der Waals surface area contributed by atoms with Gasteiger partial charge in [-0.15, -0.1) is 0 Å². The number of benzene rings is 2. The molecule has 2 aromatic rings. The van der Waals surface area contributed by atoms with E-state index in [0.29, 0.717) is 15.0 Å². The van der Waals surface area contributed by atoms with Crippen molar-refractivity contribution in [1.29, 1.82) is 0 Å². The Kier molecular flexibility index (Phi) is 4.53. The summed E-state index contributed by atoms with van der Waals surface area (Å²) in [5.41, 5.74) is 10.1. The third-order valence-electron chi connectivity index (χ3n) is 2.96. The number of hydrogen-bond donors (Lipinski definition) is 2. The predicted octanol–water partition coefficient (Wildman–Crippen LogP) is 4.99. The number of anilines is 2. The van der Waals surface area contributed by atoms with E-state index in [9.17, 15) is 0 Å². The maximum atomic E-state index is 6.23. The fourth-order valence-electron chi connectivity index (χ4n) is 1.86. The molecule has 5 heteroatoms. The summed E-state index contributed by atoms with van der Waals surface area (Å²) >= 11 is 17.4. The summed E-state index contributed by atoms with van der Waals surface area (Å²) in [6.45, 7) is 3.89. The molecule has 104 valence electrons. The van der Waals surface area contributed by atoms with E-state index >= 15 is 0 Å². The minimum Gasteiger partial charge on any atom is -0.389 e. The Morgan fingerprint density at radius 1 is 1.05 bits per heavy atom. The summed E-state index contributed by atoms with van der Waals surface area (Å²) < 4.78 is 0. The van der Waals surface area contributed by atoms with Crippen molar-refractivity contribution in [1.82, 2.24) is 0 Å². The number of nitrogens with one attached hydrogen (secondary N) is 1. The Bertz CT molecular complexity index is 684. The van der Waals surface area contributed by atoms with E-state index in [1.807, 2.05) is 38.1 Å². The first kappa shape index (κ1) is 15.1. The lowest BCUT2D eigenvalue weighted by atomic mass is 10.1. The number of aryl methyl sites for hydroxylation is 2. The lowest BCUT2D eigenvalue weighted by Gasteiger charge is -2.14. The molecule has 0 radical (unpaired) electrons. The summed E-state index contributed by atoms with van der Waals surface area (Å²) in [5, 5.41) is 4.49. The molecule has 0 aliphatic rings. The maximum Gasteiger partial charge on any atom is 0.106 e. The molecule has 0 saturated carbocycles. The van der Waals surface area contributed by atoms with Gasteiger partial charge in [-0.05, 0) is 43.7 Å². The molecule has 0 spiro atoms. The summed E-state index contributed by atoms with van der Waals surface area (Å²) in [6, 6.07) is 9.46. The van der Waals surface area contributed by atoms with Crippen LogP contribution >= 0.6 is 35.4 Å². The highest BCUT2D eigenvalue weighted by Crippen LogP contribution is 2.32. The second kappa shape index (κ2) is 6.00. The monoisotopic (exact) mass is 324 g/mol. The van der Waals surface area contributed by atoms with Gasteiger partial charge in [0.05, 0.1) is 10.7 Å². The molecular weight excluding hydrogens is 311 g/mol. The molecule has 2 aromatic carbocycles. The molecule has 0 saturated heterocycles. The van der Waals surface area contributed by atoms with Gasteiger partial charge in [0.2, 0.25) is 0 Å². The van der Waals surface area contributed by atoms with Crippen LogP contribution in [0.15, 0.2) is 30.3 Å². The third-order valence-corrected chi connectivity index (χ3v) is 3.90. The molecule has 0 aromatic heterocycles. The van der Waals surface area contributed by atoms with Crippen molar-refractivity contribution >= 4 is 51.8 Å². The lowest BCUT2D eigenvalue weighted by Crippen LogP contribution is -2.12. The van der Waals surface area contributed by atoms with Crippen molar-refractivity contribution in [3.05, 3.63) is 57.1 Å². The van der Waals surface area contributed by atoms with Gasteiger partial charge in [0, 0.05) is 16.3 Å². The van der Waals surface area contributed by atoms with E-state index in [-0.39, 0.29) is 0 Å². The second-order valence-corrected chi connectivity index (χ2v) is 5.87. The predicted molar refractivity (Wildman–Crippen MR) is 91.5 cm³/mol. The lowest BCUT2D eigenvalue weighted by molar-refractivity contribution is 1.42. The number of rotatable bonds is 3. The SMILES string of the molecule is Cc1ccc(Nc2cc(Cl)c(C)cc2Cl)c(C(N)=S)c1. The first-order valence-electron chi connectivity index (χ1n) is 6.01. The van der Waals surface area contributed by atoms with Gasteiger partial charge < -0.3 is 11.1 Å². The van der Waals surface area contributed by atoms with E-state index in [1.54, 1.807) is 6.07 Å². The normalized spacial score (nSPS) is 10.4. The van der Waals surface area contributed by atoms with Gasteiger partial charge in [-0.1, -0.05) is 47.0 Å². The average molecular weight is 325 g/mol. The first-order valence-corrected chi connectivity index (χ1v) is 7.18. The fourth-order valence-corrected chi connectivity index (χ4v) is 2.46. The first-order chi connectivity index (χ1) is 9.38. The Balaban J connectivity index is 2.45. The number of thiocarbonyl (C=S) groups is 1. The second-order valence-electron chi connectivity index (χ2n) is 4.62. The fraction of sp³-hybridized carbons (Fsp3) is 0.133. The molecule has 2 rings (SSSR count). The van der Waals surface area contributed by atoms with E-state index < -0.39 is 0 Å². The van der Waals surface area contributed by atoms with Crippen molar-refractivity contribution in [2.75, 3.05) is 5.32 Å². The van der Waals surface area contributed by atoms with Gasteiger partial charge in [0.25, 0.3) is 0 Å². The highest BCUT2D eigenvalue weighted by molar-refractivity contribution is 7.80. The van der Waals surface area contributed by atoms with Gasteiger partial charge in [0.1, 0.15) is 4.99 Å². The molecule has 0 unspecified atom stereocenters. The molecule has 0 amide bonds. The van der Waals surface area contributed by atoms with Crippen molar-refractivity contribution in [3.8, 4) is 0 Å². The quantitative estimate of drug-likeness (QED) is 0.781. The Morgan fingerprint density at radius 3 is 2.40 bits per heavy atom. The third kappa shape index (κ3) is 3.23. The van der Waals surface area contributed by atoms with E-state index in [0.717, 1.165) is 28.1 Å². The summed E-state index contributed by atoms with van der Waals surface area (Å²) in [6.07, 6.45) is 0. The van der Waals surface area contributed by atoms with Crippen LogP contribution in [0.3, 0.4) is 0 Å². The summed E-state index contributed by atoms with van der Waals surface area (Å²) in [7, 11) is 0. The zero-order valence-electron chi connectivity index (χ0n) is 11.1. The average Bonchev–Trinajstić information content (AvgIpc) is 2.37. The van der Waals surface area contributed by atoms with Gasteiger partial charge in [-0.3, -0.25) is 0 Å². The van der Waals surface area contributed by atoms with Gasteiger partial charge in [0.15, 0.2) is 0 Å². The van der Waals surface area contributed by atoms with Crippen LogP contribution in [-0.2, 0) is 0 Å². The zero-order valence-corrected chi connectivity index (χ0v) is 13.5. The minimum absolute atomic E-state index is 0.338.